The highest BCUT2D eigenvalue weighted by Gasteiger charge is 2.16. The molecule has 0 aromatic carbocycles. The maximum Gasteiger partial charge on any atom is 0.306 e. The first kappa shape index (κ1) is 7.50. The van der Waals surface area contributed by atoms with Crippen molar-refractivity contribution in [1.29, 1.82) is 0 Å². The van der Waals surface area contributed by atoms with Crippen LogP contribution in [0, 0.1) is 0 Å². The molecular weight excluding hydrogens is 136 g/mol. The average molecular weight is 146 g/mol. The molecule has 0 amide bonds. The molecule has 0 saturated carbocycles. The van der Waals surface area contributed by atoms with Gasteiger partial charge in [-0.05, 0) is 0 Å². The van der Waals surface area contributed by atoms with E-state index in [0.717, 1.165) is 0 Å². The summed E-state index contributed by atoms with van der Waals surface area (Å²) in [6, 6.07) is 0. The van der Waals surface area contributed by atoms with Crippen LogP contribution in [-0.2, 0) is 14.3 Å². The molecule has 1 heterocycles. The van der Waals surface area contributed by atoms with Crippen LogP contribution < -0.4 is 0 Å². The molecule has 1 aliphatic heterocycles. The molecular formula is C6H10O4. The molecule has 1 saturated heterocycles. The Bertz CT molecular complexity index is 117. The Morgan fingerprint density at radius 3 is 2.90 bits per heavy atom. The van der Waals surface area contributed by atoms with Crippen molar-refractivity contribution in [2.24, 2.45) is 0 Å². The first-order valence-corrected chi connectivity index (χ1v) is 3.20. The second-order valence-corrected chi connectivity index (χ2v) is 2.17. The monoisotopic (exact) mass is 146 g/mol. The van der Waals surface area contributed by atoms with E-state index in [4.69, 9.17) is 14.6 Å². The summed E-state index contributed by atoms with van der Waals surface area (Å²) in [4.78, 5) is 10.1. The minimum absolute atomic E-state index is 0.0417. The van der Waals surface area contributed by atoms with Crippen LogP contribution in [0.4, 0.5) is 0 Å². The molecule has 1 aliphatic rings. The summed E-state index contributed by atoms with van der Waals surface area (Å²) in [6.07, 6.45) is -0.203. The van der Waals surface area contributed by atoms with E-state index in [0.29, 0.717) is 19.8 Å². The minimum Gasteiger partial charge on any atom is -0.481 e. The first-order chi connectivity index (χ1) is 4.79. The van der Waals surface area contributed by atoms with Gasteiger partial charge in [-0.25, -0.2) is 0 Å². The van der Waals surface area contributed by atoms with Gasteiger partial charge in [0.05, 0.1) is 32.3 Å². The molecule has 0 radical (unpaired) electrons. The van der Waals surface area contributed by atoms with E-state index < -0.39 is 5.97 Å². The van der Waals surface area contributed by atoms with Crippen LogP contribution in [0.25, 0.3) is 0 Å². The number of hydrogen-bond donors (Lipinski definition) is 1. The van der Waals surface area contributed by atoms with Crippen LogP contribution in [0.2, 0.25) is 0 Å². The molecule has 10 heavy (non-hydrogen) atoms. The number of carboxylic acid groups (broad SMARTS) is 1. The Morgan fingerprint density at radius 1 is 1.60 bits per heavy atom. The lowest BCUT2D eigenvalue weighted by Crippen LogP contribution is -2.30. The fourth-order valence-electron chi connectivity index (χ4n) is 0.849. The molecule has 0 aliphatic carbocycles. The maximum absolute atomic E-state index is 10.1. The van der Waals surface area contributed by atoms with Crippen LogP contribution in [0.5, 0.6) is 0 Å². The van der Waals surface area contributed by atoms with Gasteiger partial charge in [0, 0.05) is 0 Å². The quantitative estimate of drug-likeness (QED) is 0.590. The maximum atomic E-state index is 10.1. The second-order valence-electron chi connectivity index (χ2n) is 2.17. The van der Waals surface area contributed by atoms with Crippen molar-refractivity contribution >= 4 is 5.97 Å². The summed E-state index contributed by atoms with van der Waals surface area (Å²) < 4.78 is 10.1. The van der Waals surface area contributed by atoms with Gasteiger partial charge >= 0.3 is 5.97 Å². The molecule has 1 fully saturated rings. The summed E-state index contributed by atoms with van der Waals surface area (Å²) in [7, 11) is 0. The van der Waals surface area contributed by atoms with Crippen molar-refractivity contribution in [1.82, 2.24) is 0 Å². The molecule has 4 nitrogen and oxygen atoms in total. The predicted octanol–water partition coefficient (Wildman–Crippen LogP) is -0.123. The normalized spacial score (nSPS) is 26.2. The first-order valence-electron chi connectivity index (χ1n) is 3.20. The molecule has 1 N–H and O–H groups in total. The average Bonchev–Trinajstić information content (AvgIpc) is 1.88. The minimum atomic E-state index is -0.837. The van der Waals surface area contributed by atoms with E-state index in [-0.39, 0.29) is 12.5 Å². The lowest BCUT2D eigenvalue weighted by molar-refractivity contribution is -0.146. The Morgan fingerprint density at radius 2 is 2.40 bits per heavy atom. The van der Waals surface area contributed by atoms with Crippen LogP contribution >= 0.6 is 0 Å². The van der Waals surface area contributed by atoms with E-state index in [2.05, 4.69) is 0 Å². The summed E-state index contributed by atoms with van der Waals surface area (Å²) in [5.74, 6) is -0.837. The van der Waals surface area contributed by atoms with E-state index in [1.54, 1.807) is 0 Å². The fraction of sp³-hybridized carbons (Fsp3) is 0.833. The second kappa shape index (κ2) is 3.53. The topological polar surface area (TPSA) is 55.8 Å². The highest BCUT2D eigenvalue weighted by atomic mass is 16.6. The number of carboxylic acids is 1. The van der Waals surface area contributed by atoms with Crippen molar-refractivity contribution in [3.63, 3.8) is 0 Å². The smallest absolute Gasteiger partial charge is 0.306 e. The number of hydrogen-bond acceptors (Lipinski definition) is 3. The fourth-order valence-corrected chi connectivity index (χ4v) is 0.849. The van der Waals surface area contributed by atoms with E-state index in [1.165, 1.54) is 0 Å². The third-order valence-corrected chi connectivity index (χ3v) is 1.29. The molecule has 0 bridgehead atoms. The predicted molar refractivity (Wildman–Crippen MR) is 32.8 cm³/mol. The lowest BCUT2D eigenvalue weighted by Gasteiger charge is -2.20. The van der Waals surface area contributed by atoms with E-state index >= 15 is 0 Å². The third kappa shape index (κ3) is 2.33. The highest BCUT2D eigenvalue weighted by Crippen LogP contribution is 2.04. The largest absolute Gasteiger partial charge is 0.481 e. The van der Waals surface area contributed by atoms with Gasteiger partial charge < -0.3 is 14.6 Å². The van der Waals surface area contributed by atoms with Crippen molar-refractivity contribution in [2.45, 2.75) is 12.5 Å². The van der Waals surface area contributed by atoms with Crippen LogP contribution in [-0.4, -0.2) is 37.0 Å². The van der Waals surface area contributed by atoms with Crippen LogP contribution in [0.3, 0.4) is 0 Å². The SMILES string of the molecule is O=C(O)C[C@@H]1COCCO1. The van der Waals surface area contributed by atoms with Gasteiger partial charge in [-0.3, -0.25) is 4.79 Å². The summed E-state index contributed by atoms with van der Waals surface area (Å²) in [6.45, 7) is 1.50. The summed E-state index contributed by atoms with van der Waals surface area (Å²) in [5.41, 5.74) is 0. The number of ether oxygens (including phenoxy) is 2. The number of carbonyl (C=O) groups is 1. The van der Waals surface area contributed by atoms with Crippen molar-refractivity contribution in [3.8, 4) is 0 Å². The van der Waals surface area contributed by atoms with Crippen LogP contribution in [0.1, 0.15) is 6.42 Å². The van der Waals surface area contributed by atoms with Gasteiger partial charge in [-0.15, -0.1) is 0 Å². The summed E-state index contributed by atoms with van der Waals surface area (Å²) in [5, 5.41) is 8.33. The third-order valence-electron chi connectivity index (χ3n) is 1.29. The number of rotatable bonds is 2. The van der Waals surface area contributed by atoms with Gasteiger partial charge in [-0.1, -0.05) is 0 Å². The van der Waals surface area contributed by atoms with Crippen molar-refractivity contribution in [3.05, 3.63) is 0 Å². The Balaban J connectivity index is 2.19. The van der Waals surface area contributed by atoms with E-state index in [1.807, 2.05) is 0 Å². The van der Waals surface area contributed by atoms with Gasteiger partial charge in [0.1, 0.15) is 0 Å². The molecule has 1 rings (SSSR count). The van der Waals surface area contributed by atoms with Gasteiger partial charge in [0.15, 0.2) is 0 Å². The molecule has 4 heteroatoms. The molecule has 0 spiro atoms. The Kier molecular flexibility index (Phi) is 2.65. The molecule has 0 unspecified atom stereocenters. The zero-order valence-electron chi connectivity index (χ0n) is 5.58. The molecule has 58 valence electrons. The zero-order valence-corrected chi connectivity index (χ0v) is 5.58. The Hall–Kier alpha value is -0.610. The molecule has 0 aromatic heterocycles. The van der Waals surface area contributed by atoms with Gasteiger partial charge in [0.2, 0.25) is 0 Å². The number of aliphatic carboxylic acids is 1. The van der Waals surface area contributed by atoms with Gasteiger partial charge in [-0.2, -0.15) is 0 Å². The van der Waals surface area contributed by atoms with Gasteiger partial charge in [0.25, 0.3) is 0 Å². The van der Waals surface area contributed by atoms with Crippen molar-refractivity contribution < 1.29 is 19.4 Å². The van der Waals surface area contributed by atoms with E-state index in [9.17, 15) is 4.79 Å². The Labute approximate surface area is 58.7 Å². The summed E-state index contributed by atoms with van der Waals surface area (Å²) >= 11 is 0. The van der Waals surface area contributed by atoms with Crippen LogP contribution in [0.15, 0.2) is 0 Å². The zero-order chi connectivity index (χ0) is 7.40. The lowest BCUT2D eigenvalue weighted by atomic mass is 10.2. The van der Waals surface area contributed by atoms with Crippen molar-refractivity contribution in [2.75, 3.05) is 19.8 Å². The highest BCUT2D eigenvalue weighted by molar-refractivity contribution is 5.67. The molecule has 0 aromatic rings. The standard InChI is InChI=1S/C6H10O4/c7-6(8)3-5-4-9-1-2-10-5/h5H,1-4H2,(H,7,8)/t5-/m1/s1. The molecule has 1 atom stereocenters.